The highest BCUT2D eigenvalue weighted by atomic mass is 16.5. The number of ketones is 2. The molecule has 0 aromatic heterocycles. The average Bonchev–Trinajstić information content (AvgIpc) is 2.72. The van der Waals surface area contributed by atoms with E-state index in [1.165, 1.54) is 6.92 Å². The molecule has 0 aromatic rings. The molecule has 4 saturated carbocycles. The van der Waals surface area contributed by atoms with Crippen LogP contribution in [0.5, 0.6) is 0 Å². The lowest BCUT2D eigenvalue weighted by Crippen LogP contribution is -2.69. The topological polar surface area (TPSA) is 101 Å². The van der Waals surface area contributed by atoms with E-state index >= 15 is 0 Å². The molecule has 4 fully saturated rings. The number of carbonyl (C=O) groups is 3. The van der Waals surface area contributed by atoms with E-state index in [0.717, 1.165) is 0 Å². The van der Waals surface area contributed by atoms with Crippen molar-refractivity contribution < 1.29 is 29.3 Å². The SMILES string of the molecule is C=C1C(=O)[C@@]23[C@H](O)C[C@@H]4C(C)(C)[C@@H](OC(C)=O)CC[C@@]4(C)[C@@H]2CC(=O)[C@@H]1[C@@H]3O. The standard InChI is InChI=1S/C22H30O6/c1-10-17-12(24)8-14-21(5)7-6-16(28-11(2)23)20(3,4)13(21)9-15(25)22(14,18(10)26)19(17)27/h13-17,19,25,27H,1,6-9H2,2-5H3/t13-,14+,15-,16+,17-,19+,21-,22+/m1/s1. The highest BCUT2D eigenvalue weighted by Gasteiger charge is 2.76. The second-order valence-electron chi connectivity index (χ2n) is 10.2. The van der Waals surface area contributed by atoms with Crippen molar-refractivity contribution in [2.75, 3.05) is 0 Å². The minimum Gasteiger partial charge on any atom is -0.462 e. The van der Waals surface area contributed by atoms with Crippen molar-refractivity contribution in [3.8, 4) is 0 Å². The van der Waals surface area contributed by atoms with Crippen molar-refractivity contribution in [2.24, 2.45) is 34.0 Å². The minimum absolute atomic E-state index is 0.0538. The lowest BCUT2D eigenvalue weighted by molar-refractivity contribution is -0.238. The van der Waals surface area contributed by atoms with Gasteiger partial charge in [-0.1, -0.05) is 27.4 Å². The fourth-order valence-electron chi connectivity index (χ4n) is 7.49. The van der Waals surface area contributed by atoms with E-state index < -0.39 is 40.3 Å². The quantitative estimate of drug-likeness (QED) is 0.523. The van der Waals surface area contributed by atoms with Gasteiger partial charge in [0.1, 0.15) is 11.9 Å². The molecule has 28 heavy (non-hydrogen) atoms. The van der Waals surface area contributed by atoms with E-state index in [0.29, 0.717) is 19.3 Å². The summed E-state index contributed by atoms with van der Waals surface area (Å²) in [4.78, 5) is 37.7. The number of carbonyl (C=O) groups excluding carboxylic acids is 3. The van der Waals surface area contributed by atoms with Gasteiger partial charge in [0.2, 0.25) is 0 Å². The second-order valence-corrected chi connectivity index (χ2v) is 10.2. The zero-order chi connectivity index (χ0) is 20.8. The molecule has 0 radical (unpaired) electrons. The molecule has 0 heterocycles. The molecule has 4 aliphatic rings. The third-order valence-corrected chi connectivity index (χ3v) is 8.78. The van der Waals surface area contributed by atoms with Crippen molar-refractivity contribution in [1.29, 1.82) is 0 Å². The summed E-state index contributed by atoms with van der Waals surface area (Å²) in [6, 6.07) is 0. The van der Waals surface area contributed by atoms with Gasteiger partial charge in [-0.25, -0.2) is 0 Å². The Morgan fingerprint density at radius 1 is 1.18 bits per heavy atom. The van der Waals surface area contributed by atoms with Gasteiger partial charge in [0, 0.05) is 24.3 Å². The molecule has 1 spiro atoms. The monoisotopic (exact) mass is 390 g/mol. The number of aliphatic hydroxyl groups excluding tert-OH is 2. The fraction of sp³-hybridized carbons (Fsp3) is 0.773. The smallest absolute Gasteiger partial charge is 0.302 e. The van der Waals surface area contributed by atoms with Crippen molar-refractivity contribution in [2.45, 2.75) is 71.7 Å². The number of aliphatic hydroxyl groups is 2. The second kappa shape index (κ2) is 5.76. The first-order valence-corrected chi connectivity index (χ1v) is 10.2. The molecule has 0 saturated heterocycles. The summed E-state index contributed by atoms with van der Waals surface area (Å²) in [7, 11) is 0. The Hall–Kier alpha value is -1.53. The molecule has 0 amide bonds. The zero-order valence-corrected chi connectivity index (χ0v) is 17.0. The molecule has 154 valence electrons. The molecule has 2 N–H and O–H groups in total. The maximum atomic E-state index is 13.3. The lowest BCUT2D eigenvalue weighted by atomic mass is 9.39. The summed E-state index contributed by atoms with van der Waals surface area (Å²) in [6.45, 7) is 11.3. The van der Waals surface area contributed by atoms with E-state index in [4.69, 9.17) is 4.74 Å². The van der Waals surface area contributed by atoms with Gasteiger partial charge in [-0.2, -0.15) is 0 Å². The number of esters is 1. The Kier molecular flexibility index (Phi) is 4.07. The Labute approximate surface area is 165 Å². The van der Waals surface area contributed by atoms with Crippen LogP contribution in [0.3, 0.4) is 0 Å². The predicted molar refractivity (Wildman–Crippen MR) is 100.0 cm³/mol. The van der Waals surface area contributed by atoms with Gasteiger partial charge >= 0.3 is 5.97 Å². The molecule has 4 rings (SSSR count). The van der Waals surface area contributed by atoms with Crippen LogP contribution in [-0.2, 0) is 19.1 Å². The van der Waals surface area contributed by atoms with E-state index in [9.17, 15) is 24.6 Å². The highest BCUT2D eigenvalue weighted by Crippen LogP contribution is 2.70. The van der Waals surface area contributed by atoms with Crippen LogP contribution >= 0.6 is 0 Å². The number of ether oxygens (including phenoxy) is 1. The van der Waals surface area contributed by atoms with Crippen LogP contribution in [0.25, 0.3) is 0 Å². The minimum atomic E-state index is -1.34. The van der Waals surface area contributed by atoms with Gasteiger partial charge in [0.25, 0.3) is 0 Å². The van der Waals surface area contributed by atoms with Crippen LogP contribution in [0, 0.1) is 34.0 Å². The molecule has 8 atom stereocenters. The predicted octanol–water partition coefficient (Wildman–Crippen LogP) is 1.82. The Morgan fingerprint density at radius 3 is 2.43 bits per heavy atom. The Morgan fingerprint density at radius 2 is 1.82 bits per heavy atom. The average molecular weight is 390 g/mol. The van der Waals surface area contributed by atoms with Crippen LogP contribution in [0.1, 0.15) is 53.4 Å². The van der Waals surface area contributed by atoms with E-state index in [1.54, 1.807) is 0 Å². The first kappa shape index (κ1) is 19.8. The molecule has 0 aliphatic heterocycles. The van der Waals surface area contributed by atoms with Crippen LogP contribution < -0.4 is 0 Å². The van der Waals surface area contributed by atoms with Gasteiger partial charge in [-0.3, -0.25) is 14.4 Å². The van der Waals surface area contributed by atoms with Crippen LogP contribution in [0.4, 0.5) is 0 Å². The molecular formula is C22H30O6. The number of rotatable bonds is 1. The van der Waals surface area contributed by atoms with Crippen molar-refractivity contribution in [1.82, 2.24) is 0 Å². The number of hydrogen-bond acceptors (Lipinski definition) is 6. The summed E-state index contributed by atoms with van der Waals surface area (Å²) in [5.74, 6) is -2.21. The third kappa shape index (κ3) is 2.08. The molecule has 6 nitrogen and oxygen atoms in total. The maximum absolute atomic E-state index is 13.3. The molecule has 2 bridgehead atoms. The fourth-order valence-corrected chi connectivity index (χ4v) is 7.49. The first-order valence-electron chi connectivity index (χ1n) is 10.2. The number of Topliss-reactive ketones (excluding diaryl/α,β-unsaturated/α-hetero) is 2. The molecule has 6 heteroatoms. The third-order valence-electron chi connectivity index (χ3n) is 8.78. The van der Waals surface area contributed by atoms with Crippen LogP contribution in [0.2, 0.25) is 0 Å². The molecule has 0 unspecified atom stereocenters. The van der Waals surface area contributed by atoms with Crippen LogP contribution in [0.15, 0.2) is 12.2 Å². The largest absolute Gasteiger partial charge is 0.462 e. The highest BCUT2D eigenvalue weighted by molar-refractivity contribution is 6.12. The van der Waals surface area contributed by atoms with Crippen LogP contribution in [-0.4, -0.2) is 46.1 Å². The van der Waals surface area contributed by atoms with Gasteiger partial charge in [-0.15, -0.1) is 0 Å². The number of fused-ring (bicyclic) bond motifs is 3. The normalized spacial score (nSPS) is 49.4. The molecule has 0 aromatic carbocycles. The zero-order valence-electron chi connectivity index (χ0n) is 17.0. The summed E-state index contributed by atoms with van der Waals surface area (Å²) in [6.07, 6.45) is -0.743. The van der Waals surface area contributed by atoms with Crippen molar-refractivity contribution in [3.05, 3.63) is 12.2 Å². The summed E-state index contributed by atoms with van der Waals surface area (Å²) in [5.41, 5.74) is -2.05. The van der Waals surface area contributed by atoms with Gasteiger partial charge in [0.15, 0.2) is 5.78 Å². The molecule has 4 aliphatic carbocycles. The van der Waals surface area contributed by atoms with E-state index in [-0.39, 0.29) is 41.6 Å². The number of hydrogen-bond donors (Lipinski definition) is 2. The van der Waals surface area contributed by atoms with Crippen molar-refractivity contribution in [3.63, 3.8) is 0 Å². The van der Waals surface area contributed by atoms with Gasteiger partial charge < -0.3 is 14.9 Å². The Bertz CT molecular complexity index is 784. The summed E-state index contributed by atoms with van der Waals surface area (Å²) in [5, 5.41) is 22.3. The summed E-state index contributed by atoms with van der Waals surface area (Å²) >= 11 is 0. The van der Waals surface area contributed by atoms with Crippen molar-refractivity contribution >= 4 is 17.5 Å². The first-order chi connectivity index (χ1) is 12.9. The van der Waals surface area contributed by atoms with Gasteiger partial charge in [0.05, 0.1) is 23.5 Å². The van der Waals surface area contributed by atoms with Gasteiger partial charge in [-0.05, 0) is 36.5 Å². The van der Waals surface area contributed by atoms with E-state index in [1.807, 2.05) is 13.8 Å². The lowest BCUT2D eigenvalue weighted by Gasteiger charge is -2.65. The maximum Gasteiger partial charge on any atom is 0.302 e. The van der Waals surface area contributed by atoms with E-state index in [2.05, 4.69) is 13.5 Å². The Balaban J connectivity index is 1.82. The molecular weight excluding hydrogens is 360 g/mol. The summed E-state index contributed by atoms with van der Waals surface area (Å²) < 4.78 is 5.59.